The molecule has 0 fully saturated rings. The second-order valence-electron chi connectivity index (χ2n) is 1.75. The molecule has 0 aliphatic heterocycles. The second-order valence-corrected chi connectivity index (χ2v) is 1.75. The molecule has 0 saturated heterocycles. The van der Waals surface area contributed by atoms with Gasteiger partial charge < -0.3 is 9.84 Å². The first-order valence-electron chi connectivity index (χ1n) is 3.22. The topological polar surface area (TPSA) is 63.6 Å². The number of carboxylic acids is 1. The average molecular weight is 158 g/mol. The molecular weight excluding hydrogens is 148 g/mol. The number of carbonyl (C=O) groups is 2. The molecule has 0 unspecified atom stereocenters. The third-order valence-electron chi connectivity index (χ3n) is 0.850. The molecule has 62 valence electrons. The molecular formula is C7H10O4. The highest BCUT2D eigenvalue weighted by Gasteiger charge is 1.96. The minimum absolute atomic E-state index is 0.0140. The van der Waals surface area contributed by atoms with Gasteiger partial charge in [0.25, 0.3) is 0 Å². The Hall–Kier alpha value is -1.32. The van der Waals surface area contributed by atoms with E-state index in [1.165, 1.54) is 6.08 Å². The lowest BCUT2D eigenvalue weighted by Gasteiger charge is -1.95. The van der Waals surface area contributed by atoms with Crippen LogP contribution in [0.25, 0.3) is 0 Å². The molecule has 0 aromatic heterocycles. The SMILES string of the molecule is CCOC(=O)CC=CC(=O)O. The standard InChI is InChI=1S/C7H10O4/c1-2-11-7(10)5-3-4-6(8)9/h3-4H,2,5H2,1H3,(H,8,9). The molecule has 0 rings (SSSR count). The monoisotopic (exact) mass is 158 g/mol. The Bertz CT molecular complexity index is 171. The van der Waals surface area contributed by atoms with Gasteiger partial charge >= 0.3 is 11.9 Å². The number of carboxylic acid groups (broad SMARTS) is 1. The zero-order valence-corrected chi connectivity index (χ0v) is 6.24. The van der Waals surface area contributed by atoms with Gasteiger partial charge in [-0.25, -0.2) is 4.79 Å². The van der Waals surface area contributed by atoms with Crippen molar-refractivity contribution >= 4 is 11.9 Å². The third kappa shape index (κ3) is 6.57. The van der Waals surface area contributed by atoms with Gasteiger partial charge in [-0.05, 0) is 6.92 Å². The van der Waals surface area contributed by atoms with Crippen molar-refractivity contribution in [2.75, 3.05) is 6.61 Å². The number of carbonyl (C=O) groups excluding carboxylic acids is 1. The van der Waals surface area contributed by atoms with Gasteiger partial charge in [0.15, 0.2) is 0 Å². The Morgan fingerprint density at radius 2 is 2.18 bits per heavy atom. The summed E-state index contributed by atoms with van der Waals surface area (Å²) in [5.41, 5.74) is 0. The number of hydrogen-bond acceptors (Lipinski definition) is 3. The summed E-state index contributed by atoms with van der Waals surface area (Å²) >= 11 is 0. The van der Waals surface area contributed by atoms with Crippen molar-refractivity contribution in [3.05, 3.63) is 12.2 Å². The fourth-order valence-electron chi connectivity index (χ4n) is 0.476. The molecule has 0 aromatic rings. The smallest absolute Gasteiger partial charge is 0.327 e. The molecule has 4 nitrogen and oxygen atoms in total. The van der Waals surface area contributed by atoms with E-state index >= 15 is 0 Å². The van der Waals surface area contributed by atoms with Gasteiger partial charge in [-0.15, -0.1) is 0 Å². The third-order valence-corrected chi connectivity index (χ3v) is 0.850. The highest BCUT2D eigenvalue weighted by Crippen LogP contribution is 1.87. The van der Waals surface area contributed by atoms with Crippen molar-refractivity contribution in [2.24, 2.45) is 0 Å². The molecule has 4 heteroatoms. The molecule has 1 N–H and O–H groups in total. The van der Waals surface area contributed by atoms with Crippen LogP contribution in [0.3, 0.4) is 0 Å². The van der Waals surface area contributed by atoms with Crippen molar-refractivity contribution in [3.63, 3.8) is 0 Å². The van der Waals surface area contributed by atoms with Gasteiger partial charge in [0.2, 0.25) is 0 Å². The average Bonchev–Trinajstić information content (AvgIpc) is 1.87. The first-order chi connectivity index (χ1) is 5.16. The molecule has 0 saturated carbocycles. The van der Waals surface area contributed by atoms with Crippen LogP contribution in [0.5, 0.6) is 0 Å². The number of rotatable bonds is 4. The fraction of sp³-hybridized carbons (Fsp3) is 0.429. The lowest BCUT2D eigenvalue weighted by atomic mass is 10.4. The summed E-state index contributed by atoms with van der Waals surface area (Å²) in [5.74, 6) is -1.47. The molecule has 11 heavy (non-hydrogen) atoms. The lowest BCUT2D eigenvalue weighted by Crippen LogP contribution is -2.01. The van der Waals surface area contributed by atoms with Crippen molar-refractivity contribution in [1.82, 2.24) is 0 Å². The van der Waals surface area contributed by atoms with Gasteiger partial charge in [-0.3, -0.25) is 4.79 Å². The van der Waals surface area contributed by atoms with Crippen LogP contribution in [-0.4, -0.2) is 23.7 Å². The maximum absolute atomic E-state index is 10.6. The van der Waals surface area contributed by atoms with E-state index < -0.39 is 11.9 Å². The summed E-state index contributed by atoms with van der Waals surface area (Å²) in [4.78, 5) is 20.5. The van der Waals surface area contributed by atoms with Crippen molar-refractivity contribution < 1.29 is 19.4 Å². The normalized spacial score (nSPS) is 9.91. The number of aliphatic carboxylic acids is 1. The molecule has 0 aliphatic carbocycles. The van der Waals surface area contributed by atoms with Crippen molar-refractivity contribution in [2.45, 2.75) is 13.3 Å². The molecule has 0 aliphatic rings. The van der Waals surface area contributed by atoms with Crippen molar-refractivity contribution in [3.8, 4) is 0 Å². The second kappa shape index (κ2) is 5.46. The van der Waals surface area contributed by atoms with Crippen LogP contribution < -0.4 is 0 Å². The predicted molar refractivity (Wildman–Crippen MR) is 38.0 cm³/mol. The van der Waals surface area contributed by atoms with Crippen LogP contribution in [-0.2, 0) is 14.3 Å². The van der Waals surface area contributed by atoms with E-state index in [1.54, 1.807) is 6.92 Å². The minimum Gasteiger partial charge on any atom is -0.478 e. The summed E-state index contributed by atoms with van der Waals surface area (Å²) in [7, 11) is 0. The quantitative estimate of drug-likeness (QED) is 0.480. The fourth-order valence-corrected chi connectivity index (χ4v) is 0.476. The van der Waals surface area contributed by atoms with Crippen LogP contribution in [0, 0.1) is 0 Å². The zero-order valence-electron chi connectivity index (χ0n) is 6.24. The largest absolute Gasteiger partial charge is 0.478 e. The van der Waals surface area contributed by atoms with Gasteiger partial charge in [-0.1, -0.05) is 6.08 Å². The molecule has 0 atom stereocenters. The molecule has 0 radical (unpaired) electrons. The number of ether oxygens (including phenoxy) is 1. The highest BCUT2D eigenvalue weighted by atomic mass is 16.5. The van der Waals surface area contributed by atoms with Gasteiger partial charge in [0, 0.05) is 6.08 Å². The summed E-state index contributed by atoms with van der Waals surface area (Å²) in [6.07, 6.45) is 2.18. The molecule has 0 amide bonds. The van der Waals surface area contributed by atoms with E-state index in [0.29, 0.717) is 6.61 Å². The minimum atomic E-state index is -1.06. The van der Waals surface area contributed by atoms with Crippen molar-refractivity contribution in [1.29, 1.82) is 0 Å². The number of esters is 1. The van der Waals surface area contributed by atoms with Gasteiger partial charge in [0.1, 0.15) is 0 Å². The van der Waals surface area contributed by atoms with Gasteiger partial charge in [-0.2, -0.15) is 0 Å². The van der Waals surface area contributed by atoms with Crippen LogP contribution in [0.2, 0.25) is 0 Å². The predicted octanol–water partition coefficient (Wildman–Crippen LogP) is 0.580. The maximum atomic E-state index is 10.6. The van der Waals surface area contributed by atoms with E-state index in [2.05, 4.69) is 4.74 Å². The van der Waals surface area contributed by atoms with E-state index in [-0.39, 0.29) is 6.42 Å². The Morgan fingerprint density at radius 3 is 2.64 bits per heavy atom. The van der Waals surface area contributed by atoms with Gasteiger partial charge in [0.05, 0.1) is 13.0 Å². The molecule has 0 bridgehead atoms. The van der Waals surface area contributed by atoms with Crippen LogP contribution >= 0.6 is 0 Å². The van der Waals surface area contributed by atoms with E-state index in [9.17, 15) is 9.59 Å². The summed E-state index contributed by atoms with van der Waals surface area (Å²) < 4.78 is 4.54. The Kier molecular flexibility index (Phi) is 4.81. The molecule has 0 heterocycles. The van der Waals surface area contributed by atoms with Crippen LogP contribution in [0.4, 0.5) is 0 Å². The van der Waals surface area contributed by atoms with E-state index in [1.807, 2.05) is 0 Å². The first kappa shape index (κ1) is 9.68. The van der Waals surface area contributed by atoms with E-state index in [0.717, 1.165) is 6.08 Å². The summed E-state index contributed by atoms with van der Waals surface area (Å²) in [6.45, 7) is 2.01. The number of hydrogen-bond donors (Lipinski definition) is 1. The lowest BCUT2D eigenvalue weighted by molar-refractivity contribution is -0.142. The van der Waals surface area contributed by atoms with E-state index in [4.69, 9.17) is 5.11 Å². The summed E-state index contributed by atoms with van der Waals surface area (Å²) in [6, 6.07) is 0. The maximum Gasteiger partial charge on any atom is 0.327 e. The van der Waals surface area contributed by atoms with Crippen LogP contribution in [0.15, 0.2) is 12.2 Å². The zero-order chi connectivity index (χ0) is 8.69. The highest BCUT2D eigenvalue weighted by molar-refractivity contribution is 5.81. The summed E-state index contributed by atoms with van der Waals surface area (Å²) in [5, 5.41) is 8.12. The first-order valence-corrected chi connectivity index (χ1v) is 3.22. The Labute approximate surface area is 64.5 Å². The Morgan fingerprint density at radius 1 is 1.55 bits per heavy atom. The molecule has 0 spiro atoms. The van der Waals surface area contributed by atoms with Crippen LogP contribution in [0.1, 0.15) is 13.3 Å². The Balaban J connectivity index is 3.53. The molecule has 0 aromatic carbocycles.